The first-order chi connectivity index (χ1) is 11.2. The van der Waals surface area contributed by atoms with E-state index < -0.39 is 34.5 Å². The Hall–Kier alpha value is -1.91. The molecule has 2 unspecified atom stereocenters. The van der Waals surface area contributed by atoms with Gasteiger partial charge in [0.2, 0.25) is 0 Å². The van der Waals surface area contributed by atoms with E-state index in [1.807, 2.05) is 0 Å². The Morgan fingerprint density at radius 3 is 1.89 bits per heavy atom. The molecule has 4 N–H and O–H groups in total. The van der Waals surface area contributed by atoms with E-state index in [-0.39, 0.29) is 49.7 Å². The SMILES string of the molecule is O=C([O-])Cc1ccc([N+](=O)[O-])cc1C(=O)[O-].[NH-]C1CCCCC1[NH-].[OH-].[OH-].[Pt+4]. The van der Waals surface area contributed by atoms with Gasteiger partial charge in [-0.15, -0.1) is 0 Å². The Labute approximate surface area is 169 Å². The Bertz CT molecular complexity index is 619. The number of carbonyl (C=O) groups is 2. The third-order valence-electron chi connectivity index (χ3n) is 3.62. The quantitative estimate of drug-likeness (QED) is 0.363. The predicted molar refractivity (Wildman–Crippen MR) is 84.7 cm³/mol. The van der Waals surface area contributed by atoms with E-state index in [1.54, 1.807) is 0 Å². The molecule has 154 valence electrons. The average Bonchev–Trinajstić information content (AvgIpc) is 2.50. The summed E-state index contributed by atoms with van der Waals surface area (Å²) in [5.41, 5.74) is 13.5. The molecule has 1 aliphatic carbocycles. The van der Waals surface area contributed by atoms with Crippen molar-refractivity contribution in [1.29, 1.82) is 0 Å². The Balaban J connectivity index is -0.000000450. The van der Waals surface area contributed by atoms with Crippen molar-refractivity contribution in [2.75, 3.05) is 0 Å². The molecule has 1 saturated carbocycles. The Kier molecular flexibility index (Phi) is 15.7. The summed E-state index contributed by atoms with van der Waals surface area (Å²) < 4.78 is 0. The van der Waals surface area contributed by atoms with Crippen LogP contribution in [0.5, 0.6) is 0 Å². The smallest absolute Gasteiger partial charge is 0.870 e. The van der Waals surface area contributed by atoms with Crippen LogP contribution in [0.4, 0.5) is 5.69 Å². The zero-order chi connectivity index (χ0) is 18.3. The largest absolute Gasteiger partial charge is 4.00 e. The summed E-state index contributed by atoms with van der Waals surface area (Å²) in [6.45, 7) is 0. The fraction of sp³-hybridized carbons (Fsp3) is 0.467. The number of nitrogens with one attached hydrogen (secondary N) is 2. The van der Waals surface area contributed by atoms with Gasteiger partial charge in [-0.1, -0.05) is 31.7 Å². The van der Waals surface area contributed by atoms with E-state index in [9.17, 15) is 29.9 Å². The summed E-state index contributed by atoms with van der Waals surface area (Å²) in [4.78, 5) is 30.5. The summed E-state index contributed by atoms with van der Waals surface area (Å²) in [5, 5.41) is 31.3. The number of carbonyl (C=O) groups excluding carboxylic acids is 2. The van der Waals surface area contributed by atoms with E-state index in [4.69, 9.17) is 11.5 Å². The van der Waals surface area contributed by atoms with E-state index in [0.717, 1.165) is 31.0 Å². The number of nitro benzene ring substituents is 1. The molecular weight excluding hydrogens is 545 g/mol. The van der Waals surface area contributed by atoms with Crippen LogP contribution in [0, 0.1) is 10.1 Å². The van der Waals surface area contributed by atoms with Gasteiger partial charge in [0.05, 0.1) is 10.9 Å². The molecule has 11 nitrogen and oxygen atoms in total. The molecule has 2 rings (SSSR count). The standard InChI is InChI=1S/C9H7NO6.C6H12N2.2H2O.Pt/c11-8(12)3-5-1-2-6(10(15)16)4-7(5)9(13)14;7-5-3-1-2-4-6(5)8;;;/h1-2,4H,3H2,(H,11,12)(H,13,14);5-8H,1-4H2;2*1H2;/q;-2;;;+4/p-4. The maximum atomic E-state index is 10.6. The molecule has 1 aliphatic rings. The van der Waals surface area contributed by atoms with Crippen molar-refractivity contribution in [3.63, 3.8) is 0 Å². The van der Waals surface area contributed by atoms with E-state index >= 15 is 0 Å². The predicted octanol–water partition coefficient (Wildman–Crippen LogP) is 0.297. The number of carboxylic acids is 2. The van der Waals surface area contributed by atoms with Crippen LogP contribution in [-0.2, 0) is 32.3 Å². The molecule has 0 aromatic heterocycles. The first kappa shape index (κ1) is 29.8. The molecule has 2 atom stereocenters. The Morgan fingerprint density at radius 1 is 1.07 bits per heavy atom. The van der Waals surface area contributed by atoms with Gasteiger partial charge in [0.25, 0.3) is 5.69 Å². The van der Waals surface area contributed by atoms with Gasteiger partial charge in [-0.25, -0.2) is 0 Å². The number of rotatable bonds is 4. The molecule has 1 fully saturated rings. The monoisotopic (exact) mass is 564 g/mol. The molecule has 0 amide bonds. The summed E-state index contributed by atoms with van der Waals surface area (Å²) >= 11 is 0. The van der Waals surface area contributed by atoms with Crippen LogP contribution in [0.15, 0.2) is 18.2 Å². The van der Waals surface area contributed by atoms with Gasteiger partial charge < -0.3 is 42.2 Å². The minimum atomic E-state index is -1.67. The zero-order valence-electron chi connectivity index (χ0n) is 14.0. The molecular formula is C15H19N3O8Pt-2. The number of aromatic carboxylic acids is 1. The molecule has 0 spiro atoms. The summed E-state index contributed by atoms with van der Waals surface area (Å²) in [6.07, 6.45) is 3.61. The molecule has 1 aromatic carbocycles. The number of benzene rings is 1. The summed E-state index contributed by atoms with van der Waals surface area (Å²) in [5.74, 6) is -3.14. The molecule has 27 heavy (non-hydrogen) atoms. The first-order valence-corrected chi connectivity index (χ1v) is 7.33. The molecule has 0 bridgehead atoms. The minimum Gasteiger partial charge on any atom is -0.870 e. The number of hydrogen-bond acceptors (Lipinski definition) is 8. The zero-order valence-corrected chi connectivity index (χ0v) is 16.3. The van der Waals surface area contributed by atoms with Crippen molar-refractivity contribution in [2.45, 2.75) is 44.2 Å². The van der Waals surface area contributed by atoms with Crippen LogP contribution in [0.2, 0.25) is 0 Å². The van der Waals surface area contributed by atoms with Crippen molar-refractivity contribution in [3.8, 4) is 0 Å². The van der Waals surface area contributed by atoms with Gasteiger partial charge in [-0.2, -0.15) is 12.1 Å². The van der Waals surface area contributed by atoms with Crippen LogP contribution in [0.25, 0.3) is 11.5 Å². The van der Waals surface area contributed by atoms with Crippen LogP contribution < -0.4 is 10.2 Å². The fourth-order valence-corrected chi connectivity index (χ4v) is 2.31. The van der Waals surface area contributed by atoms with Gasteiger partial charge in [0.1, 0.15) is 0 Å². The van der Waals surface area contributed by atoms with Gasteiger partial charge in [-0.3, -0.25) is 10.1 Å². The fourth-order valence-electron chi connectivity index (χ4n) is 2.31. The second-order valence-corrected chi connectivity index (χ2v) is 5.43. The first-order valence-electron chi connectivity index (χ1n) is 7.33. The van der Waals surface area contributed by atoms with Crippen molar-refractivity contribution >= 4 is 17.6 Å². The van der Waals surface area contributed by atoms with E-state index in [2.05, 4.69) is 0 Å². The molecule has 0 saturated heterocycles. The third kappa shape index (κ3) is 10.1. The number of carboxylic acid groups (broad SMARTS) is 2. The molecule has 12 heteroatoms. The van der Waals surface area contributed by atoms with Crippen LogP contribution in [0.3, 0.4) is 0 Å². The van der Waals surface area contributed by atoms with Gasteiger partial charge in [0.15, 0.2) is 0 Å². The van der Waals surface area contributed by atoms with Gasteiger partial charge >= 0.3 is 21.1 Å². The summed E-state index contributed by atoms with van der Waals surface area (Å²) in [6, 6.07) is 2.67. The van der Waals surface area contributed by atoms with Gasteiger partial charge in [0, 0.05) is 30.1 Å². The number of non-ortho nitro benzene ring substituents is 1. The van der Waals surface area contributed by atoms with Crippen LogP contribution in [-0.4, -0.2) is 39.9 Å². The van der Waals surface area contributed by atoms with Crippen LogP contribution >= 0.6 is 0 Å². The maximum Gasteiger partial charge on any atom is 4.00 e. The number of nitro groups is 1. The van der Waals surface area contributed by atoms with Crippen molar-refractivity contribution in [2.24, 2.45) is 0 Å². The van der Waals surface area contributed by atoms with Crippen LogP contribution in [0.1, 0.15) is 41.6 Å². The third-order valence-corrected chi connectivity index (χ3v) is 3.62. The van der Waals surface area contributed by atoms with E-state index in [0.29, 0.717) is 0 Å². The summed E-state index contributed by atoms with van der Waals surface area (Å²) in [7, 11) is 0. The topological polar surface area (TPSA) is 231 Å². The second kappa shape index (κ2) is 14.2. The number of nitrogens with zero attached hydrogens (tertiary/aromatic N) is 1. The van der Waals surface area contributed by atoms with Crippen molar-refractivity contribution in [3.05, 3.63) is 50.9 Å². The number of hydrogen-bond donors (Lipinski definition) is 0. The average molecular weight is 564 g/mol. The molecule has 0 radical (unpaired) electrons. The van der Waals surface area contributed by atoms with E-state index in [1.165, 1.54) is 12.8 Å². The molecule has 0 aliphatic heterocycles. The normalized spacial score (nSPS) is 17.6. The molecule has 0 heterocycles. The molecule has 1 aromatic rings. The number of aliphatic carboxylic acids is 1. The van der Waals surface area contributed by atoms with Gasteiger partial charge in [-0.05, 0) is 5.56 Å². The maximum absolute atomic E-state index is 10.6. The minimum absolute atomic E-state index is 0. The van der Waals surface area contributed by atoms with Crippen molar-refractivity contribution in [1.82, 2.24) is 0 Å². The van der Waals surface area contributed by atoms with Crippen molar-refractivity contribution < 1.29 is 56.7 Å². The Morgan fingerprint density at radius 2 is 1.56 bits per heavy atom. The second-order valence-electron chi connectivity index (χ2n) is 5.43.